The summed E-state index contributed by atoms with van der Waals surface area (Å²) in [7, 11) is 0. The van der Waals surface area contributed by atoms with Gasteiger partial charge in [-0.1, -0.05) is 0 Å². The summed E-state index contributed by atoms with van der Waals surface area (Å²) in [6, 6.07) is 0. The Morgan fingerprint density at radius 2 is 2.55 bits per heavy atom. The van der Waals surface area contributed by atoms with Crippen LogP contribution in [0.3, 0.4) is 0 Å². The predicted octanol–water partition coefficient (Wildman–Crippen LogP) is 0.700. The molecule has 0 aromatic heterocycles. The van der Waals surface area contributed by atoms with Gasteiger partial charge >= 0.3 is 0 Å². The lowest BCUT2D eigenvalue weighted by atomic mass is 9.98. The summed E-state index contributed by atoms with van der Waals surface area (Å²) in [5.41, 5.74) is 0. The molecule has 2 atom stereocenters. The van der Waals surface area contributed by atoms with Gasteiger partial charge in [0, 0.05) is 18.6 Å². The van der Waals surface area contributed by atoms with Gasteiger partial charge < -0.3 is 9.84 Å². The van der Waals surface area contributed by atoms with Crippen molar-refractivity contribution in [3.63, 3.8) is 0 Å². The standard InChI is InChI=1S/C8H11NO2/c10-7-1-3-9-5-8-6(7)2-4-11-8/h3,5-7,10H,1-2,4H2. The summed E-state index contributed by atoms with van der Waals surface area (Å²) < 4.78 is 5.29. The van der Waals surface area contributed by atoms with Crippen molar-refractivity contribution < 1.29 is 9.84 Å². The lowest BCUT2D eigenvalue weighted by molar-refractivity contribution is 0.130. The Balaban J connectivity index is 2.22. The summed E-state index contributed by atoms with van der Waals surface area (Å²) in [6.45, 7) is 0.725. The number of hydrogen-bond acceptors (Lipinski definition) is 3. The van der Waals surface area contributed by atoms with E-state index in [2.05, 4.69) is 4.99 Å². The lowest BCUT2D eigenvalue weighted by Crippen LogP contribution is -2.18. The Hall–Kier alpha value is -0.830. The largest absolute Gasteiger partial charge is 0.496 e. The van der Waals surface area contributed by atoms with Crippen molar-refractivity contribution >= 4 is 6.21 Å². The summed E-state index contributed by atoms with van der Waals surface area (Å²) in [5.74, 6) is 1.05. The predicted molar refractivity (Wildman–Crippen MR) is 41.3 cm³/mol. The second-order valence-electron chi connectivity index (χ2n) is 2.91. The molecule has 0 saturated carbocycles. The van der Waals surface area contributed by atoms with E-state index in [1.165, 1.54) is 0 Å². The van der Waals surface area contributed by atoms with Crippen LogP contribution in [0, 0.1) is 5.92 Å². The second-order valence-corrected chi connectivity index (χ2v) is 2.91. The number of nitrogens with zero attached hydrogens (tertiary/aromatic N) is 1. The van der Waals surface area contributed by atoms with Crippen LogP contribution in [0.4, 0.5) is 0 Å². The van der Waals surface area contributed by atoms with E-state index in [1.54, 1.807) is 12.4 Å². The molecule has 3 heteroatoms. The maximum Gasteiger partial charge on any atom is 0.120 e. The minimum atomic E-state index is -0.296. The van der Waals surface area contributed by atoms with Gasteiger partial charge in [-0.3, -0.25) is 4.99 Å². The van der Waals surface area contributed by atoms with Crippen LogP contribution < -0.4 is 0 Å². The van der Waals surface area contributed by atoms with Crippen LogP contribution in [0.15, 0.2) is 17.0 Å². The summed E-state index contributed by atoms with van der Waals surface area (Å²) in [5, 5.41) is 9.55. The molecule has 1 saturated heterocycles. The Labute approximate surface area is 65.4 Å². The van der Waals surface area contributed by atoms with E-state index in [1.807, 2.05) is 0 Å². The smallest absolute Gasteiger partial charge is 0.120 e. The van der Waals surface area contributed by atoms with E-state index in [-0.39, 0.29) is 12.0 Å². The molecule has 0 aromatic rings. The molecule has 0 bridgehead atoms. The van der Waals surface area contributed by atoms with E-state index in [9.17, 15) is 5.11 Å². The summed E-state index contributed by atoms with van der Waals surface area (Å²) in [6.07, 6.45) is 4.73. The van der Waals surface area contributed by atoms with Gasteiger partial charge in [-0.2, -0.15) is 0 Å². The highest BCUT2D eigenvalue weighted by Crippen LogP contribution is 2.29. The number of hydrogen-bond donors (Lipinski definition) is 1. The SMILES string of the molecule is OC1CC=NC=C2OCCC21. The fourth-order valence-corrected chi connectivity index (χ4v) is 1.53. The van der Waals surface area contributed by atoms with Crippen molar-refractivity contribution in [2.24, 2.45) is 10.9 Å². The van der Waals surface area contributed by atoms with Gasteiger partial charge in [0.05, 0.1) is 18.9 Å². The van der Waals surface area contributed by atoms with Crippen LogP contribution in [-0.4, -0.2) is 24.0 Å². The zero-order valence-corrected chi connectivity index (χ0v) is 6.23. The van der Waals surface area contributed by atoms with E-state index in [4.69, 9.17) is 4.74 Å². The molecule has 2 aliphatic heterocycles. The van der Waals surface area contributed by atoms with Crippen LogP contribution in [-0.2, 0) is 4.74 Å². The lowest BCUT2D eigenvalue weighted by Gasteiger charge is -2.12. The van der Waals surface area contributed by atoms with Crippen LogP contribution in [0.2, 0.25) is 0 Å². The summed E-state index contributed by atoms with van der Waals surface area (Å²) >= 11 is 0. The fraction of sp³-hybridized carbons (Fsp3) is 0.625. The number of aliphatic hydroxyl groups is 1. The topological polar surface area (TPSA) is 41.8 Å². The maximum atomic E-state index is 9.55. The molecule has 60 valence electrons. The number of rotatable bonds is 0. The highest BCUT2D eigenvalue weighted by molar-refractivity contribution is 5.59. The highest BCUT2D eigenvalue weighted by atomic mass is 16.5. The average Bonchev–Trinajstić information content (AvgIpc) is 2.40. The first-order valence-corrected chi connectivity index (χ1v) is 3.90. The molecule has 2 rings (SSSR count). The van der Waals surface area contributed by atoms with Crippen molar-refractivity contribution in [3.05, 3.63) is 12.0 Å². The van der Waals surface area contributed by atoms with Crippen LogP contribution in [0.5, 0.6) is 0 Å². The number of ether oxygens (including phenoxy) is 1. The third kappa shape index (κ3) is 1.16. The molecule has 0 aliphatic carbocycles. The molecule has 0 aromatic carbocycles. The van der Waals surface area contributed by atoms with E-state index < -0.39 is 0 Å². The van der Waals surface area contributed by atoms with Crippen LogP contribution in [0.25, 0.3) is 0 Å². The van der Waals surface area contributed by atoms with Gasteiger partial charge in [-0.15, -0.1) is 0 Å². The maximum absolute atomic E-state index is 9.55. The first-order valence-electron chi connectivity index (χ1n) is 3.90. The average molecular weight is 153 g/mol. The fourth-order valence-electron chi connectivity index (χ4n) is 1.53. The van der Waals surface area contributed by atoms with E-state index >= 15 is 0 Å². The molecule has 1 fully saturated rings. The Morgan fingerprint density at radius 3 is 3.45 bits per heavy atom. The van der Waals surface area contributed by atoms with Gasteiger partial charge in [-0.05, 0) is 6.42 Å². The van der Waals surface area contributed by atoms with Crippen molar-refractivity contribution in [1.82, 2.24) is 0 Å². The quantitative estimate of drug-likeness (QED) is 0.556. The molecule has 1 N–H and O–H groups in total. The molecule has 0 spiro atoms. The molecule has 2 aliphatic rings. The Kier molecular flexibility index (Phi) is 1.66. The van der Waals surface area contributed by atoms with Gasteiger partial charge in [-0.25, -0.2) is 0 Å². The van der Waals surface area contributed by atoms with Gasteiger partial charge in [0.2, 0.25) is 0 Å². The monoisotopic (exact) mass is 153 g/mol. The summed E-state index contributed by atoms with van der Waals surface area (Å²) in [4.78, 5) is 3.99. The number of fused-ring (bicyclic) bond motifs is 1. The Bertz CT molecular complexity index is 210. The van der Waals surface area contributed by atoms with Crippen LogP contribution >= 0.6 is 0 Å². The molecular formula is C8H11NO2. The first-order chi connectivity index (χ1) is 5.38. The molecule has 2 unspecified atom stereocenters. The molecule has 0 amide bonds. The second kappa shape index (κ2) is 2.66. The van der Waals surface area contributed by atoms with Crippen molar-refractivity contribution in [2.75, 3.05) is 6.61 Å². The molecule has 2 heterocycles. The number of aliphatic imine (C=N–C) groups is 1. The van der Waals surface area contributed by atoms with E-state index in [0.29, 0.717) is 6.42 Å². The molecule has 11 heavy (non-hydrogen) atoms. The minimum absolute atomic E-state index is 0.192. The minimum Gasteiger partial charge on any atom is -0.496 e. The van der Waals surface area contributed by atoms with Gasteiger partial charge in [0.15, 0.2) is 0 Å². The zero-order valence-electron chi connectivity index (χ0n) is 6.23. The normalized spacial score (nSPS) is 35.5. The highest BCUT2D eigenvalue weighted by Gasteiger charge is 2.29. The molecule has 0 radical (unpaired) electrons. The third-order valence-electron chi connectivity index (χ3n) is 2.18. The van der Waals surface area contributed by atoms with Crippen molar-refractivity contribution in [2.45, 2.75) is 18.9 Å². The van der Waals surface area contributed by atoms with Gasteiger partial charge in [0.25, 0.3) is 0 Å². The molecule has 3 nitrogen and oxygen atoms in total. The first kappa shape index (κ1) is 6.85. The molecular weight excluding hydrogens is 142 g/mol. The van der Waals surface area contributed by atoms with Crippen molar-refractivity contribution in [3.8, 4) is 0 Å². The van der Waals surface area contributed by atoms with Crippen LogP contribution in [0.1, 0.15) is 12.8 Å². The third-order valence-corrected chi connectivity index (χ3v) is 2.18. The number of aliphatic hydroxyl groups excluding tert-OH is 1. The van der Waals surface area contributed by atoms with Gasteiger partial charge in [0.1, 0.15) is 5.76 Å². The van der Waals surface area contributed by atoms with Crippen molar-refractivity contribution in [1.29, 1.82) is 0 Å². The zero-order chi connectivity index (χ0) is 7.68. The van der Waals surface area contributed by atoms with E-state index in [0.717, 1.165) is 18.8 Å². The Morgan fingerprint density at radius 1 is 1.64 bits per heavy atom.